The highest BCUT2D eigenvalue weighted by atomic mass is 15.3. The molecule has 3 N–H and O–H groups in total. The molecule has 1 aliphatic rings. The van der Waals surface area contributed by atoms with E-state index >= 15 is 0 Å². The van der Waals surface area contributed by atoms with Gasteiger partial charge in [0.2, 0.25) is 0 Å². The van der Waals surface area contributed by atoms with E-state index < -0.39 is 0 Å². The largest absolute Gasteiger partial charge is 0.308 e. The summed E-state index contributed by atoms with van der Waals surface area (Å²) in [7, 11) is 0. The van der Waals surface area contributed by atoms with Gasteiger partial charge in [0.1, 0.15) is 5.82 Å². The molecular weight excluding hydrogens is 224 g/mol. The molecule has 0 aliphatic carbocycles. The lowest BCUT2D eigenvalue weighted by Gasteiger charge is -2.29. The number of rotatable bonds is 4. The van der Waals surface area contributed by atoms with Gasteiger partial charge in [0, 0.05) is 24.3 Å². The van der Waals surface area contributed by atoms with Gasteiger partial charge >= 0.3 is 0 Å². The average molecular weight is 248 g/mol. The van der Waals surface area contributed by atoms with Crippen molar-refractivity contribution >= 4 is 5.82 Å². The molecule has 0 amide bonds. The standard InChI is InChI=1S/C14H24N4/c1-2-13-8-4-3-5-10-18(13)11-12-7-6-9-16-14(12)17-15/h6-7,9,13H,2-5,8,10-11,15H2,1H3,(H,16,17). The quantitative estimate of drug-likeness (QED) is 0.635. The lowest BCUT2D eigenvalue weighted by atomic mass is 10.1. The lowest BCUT2D eigenvalue weighted by molar-refractivity contribution is 0.186. The Morgan fingerprint density at radius 2 is 2.33 bits per heavy atom. The maximum absolute atomic E-state index is 5.52. The van der Waals surface area contributed by atoms with Crippen molar-refractivity contribution in [3.8, 4) is 0 Å². The summed E-state index contributed by atoms with van der Waals surface area (Å²) in [5.74, 6) is 6.33. The molecule has 0 bridgehead atoms. The highest BCUT2D eigenvalue weighted by Gasteiger charge is 2.20. The highest BCUT2D eigenvalue weighted by Crippen LogP contribution is 2.23. The number of aromatic nitrogens is 1. The van der Waals surface area contributed by atoms with E-state index in [1.54, 1.807) is 6.20 Å². The van der Waals surface area contributed by atoms with Crippen LogP contribution in [0.25, 0.3) is 0 Å². The van der Waals surface area contributed by atoms with Crippen LogP contribution in [-0.2, 0) is 6.54 Å². The fourth-order valence-corrected chi connectivity index (χ4v) is 2.82. The van der Waals surface area contributed by atoms with Crippen LogP contribution in [-0.4, -0.2) is 22.5 Å². The Balaban J connectivity index is 2.10. The molecule has 1 unspecified atom stereocenters. The van der Waals surface area contributed by atoms with E-state index in [0.717, 1.165) is 12.4 Å². The van der Waals surface area contributed by atoms with Gasteiger partial charge in [-0.2, -0.15) is 0 Å². The van der Waals surface area contributed by atoms with Gasteiger partial charge in [0.05, 0.1) is 0 Å². The van der Waals surface area contributed by atoms with Gasteiger partial charge in [-0.25, -0.2) is 10.8 Å². The highest BCUT2D eigenvalue weighted by molar-refractivity contribution is 5.42. The summed E-state index contributed by atoms with van der Waals surface area (Å²) in [5, 5.41) is 0. The number of nitrogen functional groups attached to an aromatic ring is 1. The summed E-state index contributed by atoms with van der Waals surface area (Å²) < 4.78 is 0. The Morgan fingerprint density at radius 1 is 1.44 bits per heavy atom. The van der Waals surface area contributed by atoms with Crippen molar-refractivity contribution < 1.29 is 0 Å². The molecule has 100 valence electrons. The van der Waals surface area contributed by atoms with Crippen LogP contribution in [0.15, 0.2) is 18.3 Å². The average Bonchev–Trinajstić information content (AvgIpc) is 2.64. The number of anilines is 1. The second-order valence-electron chi connectivity index (χ2n) is 5.04. The zero-order valence-corrected chi connectivity index (χ0v) is 11.2. The molecule has 2 heterocycles. The molecule has 1 fully saturated rings. The van der Waals surface area contributed by atoms with Crippen molar-refractivity contribution in [1.29, 1.82) is 0 Å². The summed E-state index contributed by atoms with van der Waals surface area (Å²) in [5.41, 5.74) is 3.89. The van der Waals surface area contributed by atoms with Gasteiger partial charge < -0.3 is 5.43 Å². The van der Waals surface area contributed by atoms with Crippen molar-refractivity contribution in [3.63, 3.8) is 0 Å². The molecule has 18 heavy (non-hydrogen) atoms. The molecule has 1 aromatic heterocycles. The van der Waals surface area contributed by atoms with Crippen molar-refractivity contribution in [1.82, 2.24) is 9.88 Å². The summed E-state index contributed by atoms with van der Waals surface area (Å²) in [6.45, 7) is 4.43. The number of hydrogen-bond donors (Lipinski definition) is 2. The maximum atomic E-state index is 5.52. The Bertz CT molecular complexity index is 367. The third-order valence-electron chi connectivity index (χ3n) is 3.87. The first-order valence-electron chi connectivity index (χ1n) is 6.99. The molecule has 0 radical (unpaired) electrons. The number of nitrogens with two attached hydrogens (primary N) is 1. The molecule has 1 atom stereocenters. The molecule has 1 aromatic rings. The van der Waals surface area contributed by atoms with Gasteiger partial charge in [-0.15, -0.1) is 0 Å². The van der Waals surface area contributed by atoms with Gasteiger partial charge in [-0.05, 0) is 31.9 Å². The van der Waals surface area contributed by atoms with Crippen molar-refractivity contribution in [2.45, 2.75) is 51.6 Å². The zero-order valence-electron chi connectivity index (χ0n) is 11.2. The molecule has 0 spiro atoms. The fraction of sp³-hybridized carbons (Fsp3) is 0.643. The van der Waals surface area contributed by atoms with Crippen molar-refractivity contribution in [3.05, 3.63) is 23.9 Å². The minimum Gasteiger partial charge on any atom is -0.308 e. The van der Waals surface area contributed by atoms with Crippen LogP contribution in [0.2, 0.25) is 0 Å². The third-order valence-corrected chi connectivity index (χ3v) is 3.87. The first-order valence-corrected chi connectivity index (χ1v) is 6.99. The zero-order chi connectivity index (χ0) is 12.8. The number of nitrogens with one attached hydrogen (secondary N) is 1. The van der Waals surface area contributed by atoms with E-state index in [1.807, 2.05) is 6.07 Å². The lowest BCUT2D eigenvalue weighted by Crippen LogP contribution is -2.34. The van der Waals surface area contributed by atoms with E-state index in [-0.39, 0.29) is 0 Å². The first kappa shape index (κ1) is 13.3. The molecule has 1 aliphatic heterocycles. The number of hydrogen-bond acceptors (Lipinski definition) is 4. The predicted octanol–water partition coefficient (Wildman–Crippen LogP) is 2.52. The van der Waals surface area contributed by atoms with Crippen molar-refractivity contribution in [2.75, 3.05) is 12.0 Å². The topological polar surface area (TPSA) is 54.2 Å². The van der Waals surface area contributed by atoms with Crippen LogP contribution in [0.5, 0.6) is 0 Å². The van der Waals surface area contributed by atoms with Gasteiger partial charge in [0.15, 0.2) is 0 Å². The number of likely N-dealkylation sites (tertiary alicyclic amines) is 1. The third kappa shape index (κ3) is 3.21. The maximum Gasteiger partial charge on any atom is 0.144 e. The van der Waals surface area contributed by atoms with Crippen molar-refractivity contribution in [2.24, 2.45) is 5.84 Å². The molecule has 2 rings (SSSR count). The number of pyridine rings is 1. The molecule has 4 nitrogen and oxygen atoms in total. The van der Waals surface area contributed by atoms with Crippen LogP contribution >= 0.6 is 0 Å². The van der Waals surface area contributed by atoms with E-state index in [0.29, 0.717) is 6.04 Å². The SMILES string of the molecule is CCC1CCCCCN1Cc1cccnc1NN. The summed E-state index contributed by atoms with van der Waals surface area (Å²) >= 11 is 0. The Morgan fingerprint density at radius 3 is 3.11 bits per heavy atom. The smallest absolute Gasteiger partial charge is 0.144 e. The summed E-state index contributed by atoms with van der Waals surface area (Å²) in [4.78, 5) is 6.86. The Hall–Kier alpha value is -1.13. The van der Waals surface area contributed by atoms with Crippen LogP contribution < -0.4 is 11.3 Å². The minimum absolute atomic E-state index is 0.707. The van der Waals surface area contributed by atoms with Crippen LogP contribution in [0.3, 0.4) is 0 Å². The first-order chi connectivity index (χ1) is 8.85. The summed E-state index contributed by atoms with van der Waals surface area (Å²) in [6.07, 6.45) is 8.36. The number of hydrazine groups is 1. The van der Waals surface area contributed by atoms with Crippen LogP contribution in [0.1, 0.15) is 44.6 Å². The van der Waals surface area contributed by atoms with Crippen LogP contribution in [0, 0.1) is 0 Å². The molecule has 4 heteroatoms. The van der Waals surface area contributed by atoms with E-state index in [9.17, 15) is 0 Å². The molecule has 1 saturated heterocycles. The summed E-state index contributed by atoms with van der Waals surface area (Å²) in [6, 6.07) is 4.80. The van der Waals surface area contributed by atoms with Gasteiger partial charge in [-0.3, -0.25) is 4.90 Å². The molecular formula is C14H24N4. The number of nitrogens with zero attached hydrogens (tertiary/aromatic N) is 2. The normalized spacial score (nSPS) is 21.6. The Kier molecular flexibility index (Phi) is 4.96. The predicted molar refractivity (Wildman–Crippen MR) is 75.0 cm³/mol. The fourth-order valence-electron chi connectivity index (χ4n) is 2.82. The van der Waals surface area contributed by atoms with E-state index in [1.165, 1.54) is 44.2 Å². The minimum atomic E-state index is 0.707. The van der Waals surface area contributed by atoms with Gasteiger partial charge in [0.25, 0.3) is 0 Å². The second-order valence-corrected chi connectivity index (χ2v) is 5.04. The van der Waals surface area contributed by atoms with Crippen LogP contribution in [0.4, 0.5) is 5.82 Å². The molecule has 0 saturated carbocycles. The second kappa shape index (κ2) is 6.71. The van der Waals surface area contributed by atoms with E-state index in [2.05, 4.69) is 28.3 Å². The molecule has 0 aromatic carbocycles. The van der Waals surface area contributed by atoms with E-state index in [4.69, 9.17) is 5.84 Å². The monoisotopic (exact) mass is 248 g/mol. The van der Waals surface area contributed by atoms with Gasteiger partial charge in [-0.1, -0.05) is 25.8 Å². The Labute approximate surface area is 110 Å².